The summed E-state index contributed by atoms with van der Waals surface area (Å²) in [4.78, 5) is 3.79. The summed E-state index contributed by atoms with van der Waals surface area (Å²) in [6, 6.07) is 0. The molecule has 0 aliphatic heterocycles. The zero-order chi connectivity index (χ0) is 11.7. The molecule has 2 nitrogen and oxygen atoms in total. The quantitative estimate of drug-likeness (QED) is 0.810. The first-order valence-corrected chi connectivity index (χ1v) is 6.48. The SMILES string of the molecule is Brc1cncs1.C=C/C(Br)=C\C=C(/C)N. The van der Waals surface area contributed by atoms with Gasteiger partial charge in [-0.1, -0.05) is 28.6 Å². The second-order valence-corrected chi connectivity index (χ2v) is 5.65. The minimum atomic E-state index is 0.786. The van der Waals surface area contributed by atoms with E-state index in [1.165, 1.54) is 0 Å². The molecule has 0 saturated carbocycles. The van der Waals surface area contributed by atoms with Gasteiger partial charge in [-0.05, 0) is 35.0 Å². The fraction of sp³-hybridized carbons (Fsp3) is 0.100. The van der Waals surface area contributed by atoms with E-state index < -0.39 is 0 Å². The molecule has 15 heavy (non-hydrogen) atoms. The molecule has 0 fully saturated rings. The molecule has 0 atom stereocenters. The van der Waals surface area contributed by atoms with Crippen molar-refractivity contribution >= 4 is 43.2 Å². The number of nitrogens with two attached hydrogens (primary N) is 1. The second-order valence-electron chi connectivity index (χ2n) is 2.47. The topological polar surface area (TPSA) is 38.9 Å². The molecule has 1 aromatic rings. The Hall–Kier alpha value is -0.390. The van der Waals surface area contributed by atoms with Gasteiger partial charge in [-0.2, -0.15) is 0 Å². The van der Waals surface area contributed by atoms with Crippen LogP contribution < -0.4 is 5.73 Å². The van der Waals surface area contributed by atoms with Gasteiger partial charge in [-0.25, -0.2) is 0 Å². The molecule has 1 aromatic heterocycles. The van der Waals surface area contributed by atoms with Crippen LogP contribution in [0, 0.1) is 0 Å². The van der Waals surface area contributed by atoms with Gasteiger partial charge in [0.2, 0.25) is 0 Å². The summed E-state index contributed by atoms with van der Waals surface area (Å²) in [6.45, 7) is 5.39. The minimum absolute atomic E-state index is 0.786. The van der Waals surface area contributed by atoms with Gasteiger partial charge in [0.05, 0.1) is 15.5 Å². The van der Waals surface area contributed by atoms with E-state index >= 15 is 0 Å². The summed E-state index contributed by atoms with van der Waals surface area (Å²) in [5.41, 5.74) is 7.92. The summed E-state index contributed by atoms with van der Waals surface area (Å²) in [5.74, 6) is 0. The number of thiazole rings is 1. The number of halogens is 2. The number of nitrogens with zero attached hydrogens (tertiary/aromatic N) is 1. The molecule has 2 N–H and O–H groups in total. The Labute approximate surface area is 111 Å². The predicted octanol–water partition coefficient (Wildman–Crippen LogP) is 4.22. The van der Waals surface area contributed by atoms with E-state index in [0.717, 1.165) is 14.0 Å². The maximum atomic E-state index is 5.36. The highest BCUT2D eigenvalue weighted by Crippen LogP contribution is 2.12. The first kappa shape index (κ1) is 14.6. The molecule has 0 aliphatic carbocycles. The van der Waals surface area contributed by atoms with Gasteiger partial charge >= 0.3 is 0 Å². The van der Waals surface area contributed by atoms with Gasteiger partial charge < -0.3 is 5.73 Å². The van der Waals surface area contributed by atoms with Crippen molar-refractivity contribution in [3.05, 3.63) is 50.5 Å². The van der Waals surface area contributed by atoms with Crippen LogP contribution in [0.4, 0.5) is 0 Å². The molecular formula is C10H12Br2N2S. The first-order valence-electron chi connectivity index (χ1n) is 4.02. The van der Waals surface area contributed by atoms with Crippen molar-refractivity contribution in [3.63, 3.8) is 0 Å². The monoisotopic (exact) mass is 350 g/mol. The third-order valence-electron chi connectivity index (χ3n) is 1.10. The maximum absolute atomic E-state index is 5.36. The van der Waals surface area contributed by atoms with Crippen LogP contribution in [-0.4, -0.2) is 4.98 Å². The molecule has 0 spiro atoms. The van der Waals surface area contributed by atoms with Crippen LogP contribution in [0.5, 0.6) is 0 Å². The van der Waals surface area contributed by atoms with Crippen molar-refractivity contribution in [1.29, 1.82) is 0 Å². The number of aromatic nitrogens is 1. The number of rotatable bonds is 2. The molecule has 82 valence electrons. The molecule has 0 amide bonds. The predicted molar refractivity (Wildman–Crippen MR) is 75.0 cm³/mol. The Balaban J connectivity index is 0.000000280. The van der Waals surface area contributed by atoms with Crippen LogP contribution in [0.15, 0.2) is 50.5 Å². The summed E-state index contributed by atoms with van der Waals surface area (Å²) in [7, 11) is 0. The molecular weight excluding hydrogens is 340 g/mol. The van der Waals surface area contributed by atoms with E-state index in [9.17, 15) is 0 Å². The van der Waals surface area contributed by atoms with Crippen molar-refractivity contribution in [2.24, 2.45) is 5.73 Å². The van der Waals surface area contributed by atoms with Crippen molar-refractivity contribution in [2.75, 3.05) is 0 Å². The van der Waals surface area contributed by atoms with E-state index in [4.69, 9.17) is 5.73 Å². The lowest BCUT2D eigenvalue weighted by Crippen LogP contribution is -1.87. The fourth-order valence-electron chi connectivity index (χ4n) is 0.479. The molecule has 0 radical (unpaired) electrons. The van der Waals surface area contributed by atoms with Gasteiger partial charge in [-0.15, -0.1) is 11.3 Å². The third kappa shape index (κ3) is 9.90. The molecule has 1 rings (SSSR count). The van der Waals surface area contributed by atoms with Crippen LogP contribution in [0.1, 0.15) is 6.92 Å². The van der Waals surface area contributed by atoms with Crippen molar-refractivity contribution in [2.45, 2.75) is 6.92 Å². The van der Waals surface area contributed by atoms with E-state index in [-0.39, 0.29) is 0 Å². The highest BCUT2D eigenvalue weighted by Gasteiger charge is 1.79. The molecule has 0 bridgehead atoms. The summed E-state index contributed by atoms with van der Waals surface area (Å²) in [5, 5.41) is 0. The molecule has 0 unspecified atom stereocenters. The molecule has 0 aliphatic rings. The zero-order valence-corrected chi connectivity index (χ0v) is 12.3. The number of allylic oxidation sites excluding steroid dienone is 5. The summed E-state index contributed by atoms with van der Waals surface area (Å²) < 4.78 is 2.02. The highest BCUT2D eigenvalue weighted by atomic mass is 79.9. The average Bonchev–Trinajstić information content (AvgIpc) is 2.66. The largest absolute Gasteiger partial charge is 0.402 e. The van der Waals surface area contributed by atoms with E-state index in [0.29, 0.717) is 0 Å². The van der Waals surface area contributed by atoms with Gasteiger partial charge in [0, 0.05) is 10.2 Å². The van der Waals surface area contributed by atoms with Crippen molar-refractivity contribution in [3.8, 4) is 0 Å². The van der Waals surface area contributed by atoms with E-state index in [1.807, 2.05) is 19.1 Å². The van der Waals surface area contributed by atoms with Crippen LogP contribution in [0.3, 0.4) is 0 Å². The highest BCUT2D eigenvalue weighted by molar-refractivity contribution is 9.12. The fourth-order valence-corrected chi connectivity index (χ4v) is 1.32. The lowest BCUT2D eigenvalue weighted by molar-refractivity contribution is 1.32. The zero-order valence-electron chi connectivity index (χ0n) is 8.28. The standard InChI is InChI=1S/C7H10BrN.C3H2BrNS/c1-3-7(8)5-4-6(2)9;4-3-1-5-2-6-3/h3-5H,1,9H2,2H3;1-2H/b6-4+,7-5+;. The van der Waals surface area contributed by atoms with Crippen molar-refractivity contribution < 1.29 is 0 Å². The third-order valence-corrected chi connectivity index (χ3v) is 3.01. The average molecular weight is 352 g/mol. The Kier molecular flexibility index (Phi) is 8.65. The second kappa shape index (κ2) is 8.88. The van der Waals surface area contributed by atoms with Gasteiger partial charge in [0.1, 0.15) is 0 Å². The normalized spacial score (nSPS) is 11.7. The Morgan fingerprint density at radius 3 is 2.53 bits per heavy atom. The van der Waals surface area contributed by atoms with Gasteiger partial charge in [0.15, 0.2) is 0 Å². The Morgan fingerprint density at radius 2 is 2.27 bits per heavy atom. The minimum Gasteiger partial charge on any atom is -0.402 e. The number of hydrogen-bond acceptors (Lipinski definition) is 3. The lowest BCUT2D eigenvalue weighted by atomic mass is 10.4. The van der Waals surface area contributed by atoms with E-state index in [2.05, 4.69) is 43.4 Å². The van der Waals surface area contributed by atoms with Crippen molar-refractivity contribution in [1.82, 2.24) is 4.98 Å². The molecule has 0 saturated heterocycles. The van der Waals surface area contributed by atoms with Crippen LogP contribution >= 0.6 is 43.2 Å². The number of hydrogen-bond donors (Lipinski definition) is 1. The summed E-state index contributed by atoms with van der Waals surface area (Å²) in [6.07, 6.45) is 7.14. The maximum Gasteiger partial charge on any atom is 0.0896 e. The smallest absolute Gasteiger partial charge is 0.0896 e. The summed E-state index contributed by atoms with van der Waals surface area (Å²) >= 11 is 8.07. The molecule has 1 heterocycles. The molecule has 5 heteroatoms. The van der Waals surface area contributed by atoms with Crippen LogP contribution in [0.2, 0.25) is 0 Å². The Morgan fingerprint density at radius 1 is 1.60 bits per heavy atom. The Bertz CT molecular complexity index is 338. The van der Waals surface area contributed by atoms with Crippen LogP contribution in [0.25, 0.3) is 0 Å². The lowest BCUT2D eigenvalue weighted by Gasteiger charge is -1.84. The van der Waals surface area contributed by atoms with Crippen LogP contribution in [-0.2, 0) is 0 Å². The molecule has 0 aromatic carbocycles. The van der Waals surface area contributed by atoms with E-state index in [1.54, 1.807) is 29.1 Å². The van der Waals surface area contributed by atoms with Gasteiger partial charge in [-0.3, -0.25) is 4.98 Å². The first-order chi connectivity index (χ1) is 7.06. The van der Waals surface area contributed by atoms with Gasteiger partial charge in [0.25, 0.3) is 0 Å².